The summed E-state index contributed by atoms with van der Waals surface area (Å²) in [5.74, 6) is 1.38. The SMILES string of the molecule is CSCCCCN1CC(NCC(C)C)c2cc(S(N)(=O)=O)sc2S1(=O)=O. The van der Waals surface area contributed by atoms with Crippen molar-refractivity contribution < 1.29 is 16.8 Å². The zero-order chi connectivity index (χ0) is 19.5. The van der Waals surface area contributed by atoms with Gasteiger partial charge in [0.2, 0.25) is 10.0 Å². The molecule has 1 aromatic heterocycles. The maximum Gasteiger partial charge on any atom is 0.252 e. The molecule has 0 amide bonds. The van der Waals surface area contributed by atoms with Gasteiger partial charge in [0.05, 0.1) is 0 Å². The number of sulfonamides is 2. The molecular weight excluding hydrogens is 414 g/mol. The first kappa shape index (κ1) is 22.1. The molecule has 7 nitrogen and oxygen atoms in total. The first-order chi connectivity index (χ1) is 12.1. The standard InChI is InChI=1S/C15H27N3O4S4/c1-11(2)9-17-13-10-18(6-4-5-7-23-3)26(21,22)15-12(13)8-14(24-15)25(16,19)20/h8,11,13,17H,4-7,9-10H2,1-3H3,(H2,16,19,20). The van der Waals surface area contributed by atoms with Crippen LogP contribution in [0.15, 0.2) is 14.5 Å². The lowest BCUT2D eigenvalue weighted by molar-refractivity contribution is 0.329. The van der Waals surface area contributed by atoms with Gasteiger partial charge in [0.1, 0.15) is 8.42 Å². The molecule has 2 rings (SSSR count). The molecule has 1 unspecified atom stereocenters. The third-order valence-corrected chi connectivity index (χ3v) is 9.76. The normalized spacial score (nSPS) is 20.4. The van der Waals surface area contributed by atoms with Crippen LogP contribution in [0.1, 0.15) is 38.3 Å². The van der Waals surface area contributed by atoms with Crippen LogP contribution < -0.4 is 10.5 Å². The average molecular weight is 442 g/mol. The summed E-state index contributed by atoms with van der Waals surface area (Å²) in [5, 5.41) is 8.60. The second-order valence-electron chi connectivity index (χ2n) is 6.77. The minimum Gasteiger partial charge on any atom is -0.309 e. The lowest BCUT2D eigenvalue weighted by Gasteiger charge is -2.33. The van der Waals surface area contributed by atoms with E-state index >= 15 is 0 Å². The van der Waals surface area contributed by atoms with Crippen LogP contribution in [-0.2, 0) is 20.0 Å². The lowest BCUT2D eigenvalue weighted by atomic mass is 10.1. The number of hydrogen-bond donors (Lipinski definition) is 2. The highest BCUT2D eigenvalue weighted by Gasteiger charge is 2.39. The van der Waals surface area contributed by atoms with Crippen molar-refractivity contribution in [2.24, 2.45) is 11.1 Å². The summed E-state index contributed by atoms with van der Waals surface area (Å²) in [7, 11) is -7.63. The van der Waals surface area contributed by atoms with Crippen LogP contribution in [0.4, 0.5) is 0 Å². The monoisotopic (exact) mass is 441 g/mol. The molecule has 0 aromatic carbocycles. The molecule has 0 spiro atoms. The maximum absolute atomic E-state index is 13.0. The summed E-state index contributed by atoms with van der Waals surface area (Å²) in [6.07, 6.45) is 3.74. The van der Waals surface area contributed by atoms with Crippen LogP contribution in [0.3, 0.4) is 0 Å². The van der Waals surface area contributed by atoms with Gasteiger partial charge in [-0.05, 0) is 43.4 Å². The number of hydrogen-bond acceptors (Lipinski definition) is 7. The minimum absolute atomic E-state index is 0.0962. The second kappa shape index (κ2) is 8.89. The molecule has 1 atom stereocenters. The second-order valence-corrected chi connectivity index (χ2v) is 12.7. The molecule has 1 aliphatic heterocycles. The Morgan fingerprint density at radius 1 is 1.42 bits per heavy atom. The number of unbranched alkanes of at least 4 members (excludes halogenated alkanes) is 1. The molecular formula is C15H27N3O4S4. The van der Waals surface area contributed by atoms with E-state index < -0.39 is 20.0 Å². The van der Waals surface area contributed by atoms with Gasteiger partial charge in [-0.3, -0.25) is 0 Å². The van der Waals surface area contributed by atoms with E-state index in [1.165, 1.54) is 10.4 Å². The first-order valence-corrected chi connectivity index (χ1v) is 13.7. The third kappa shape index (κ3) is 5.21. The van der Waals surface area contributed by atoms with Gasteiger partial charge >= 0.3 is 0 Å². The number of fused-ring (bicyclic) bond motifs is 1. The van der Waals surface area contributed by atoms with E-state index in [0.717, 1.165) is 29.9 Å². The molecule has 0 saturated carbocycles. The van der Waals surface area contributed by atoms with E-state index in [0.29, 0.717) is 31.1 Å². The summed E-state index contributed by atoms with van der Waals surface area (Å²) in [5.41, 5.74) is 0.514. The molecule has 0 bridgehead atoms. The van der Waals surface area contributed by atoms with Gasteiger partial charge in [-0.2, -0.15) is 16.1 Å². The Balaban J connectivity index is 2.35. The van der Waals surface area contributed by atoms with Crippen molar-refractivity contribution in [3.05, 3.63) is 11.6 Å². The predicted octanol–water partition coefficient (Wildman–Crippen LogP) is 1.83. The average Bonchev–Trinajstić information content (AvgIpc) is 2.99. The molecule has 11 heteroatoms. The number of thioether (sulfide) groups is 1. The first-order valence-electron chi connectivity index (χ1n) is 8.46. The number of rotatable bonds is 9. The Morgan fingerprint density at radius 2 is 2.12 bits per heavy atom. The highest BCUT2D eigenvalue weighted by molar-refractivity contribution is 7.98. The van der Waals surface area contributed by atoms with E-state index in [-0.39, 0.29) is 14.5 Å². The zero-order valence-electron chi connectivity index (χ0n) is 15.3. The molecule has 150 valence electrons. The highest BCUT2D eigenvalue weighted by atomic mass is 32.3. The van der Waals surface area contributed by atoms with Crippen molar-refractivity contribution in [2.75, 3.05) is 31.6 Å². The van der Waals surface area contributed by atoms with Gasteiger partial charge in [0, 0.05) is 24.7 Å². The molecule has 0 saturated heterocycles. The van der Waals surface area contributed by atoms with E-state index in [2.05, 4.69) is 19.2 Å². The van der Waals surface area contributed by atoms with Crippen molar-refractivity contribution >= 4 is 43.1 Å². The molecule has 1 aliphatic rings. The summed E-state index contributed by atoms with van der Waals surface area (Å²) in [4.78, 5) is 0. The quantitative estimate of drug-likeness (QED) is 0.566. The molecule has 0 fully saturated rings. The summed E-state index contributed by atoms with van der Waals surface area (Å²) in [6, 6.07) is 1.18. The topological polar surface area (TPSA) is 110 Å². The van der Waals surface area contributed by atoms with Gasteiger partial charge in [-0.1, -0.05) is 13.8 Å². The minimum atomic E-state index is -3.94. The molecule has 0 radical (unpaired) electrons. The molecule has 26 heavy (non-hydrogen) atoms. The molecule has 2 heterocycles. The Morgan fingerprint density at radius 3 is 2.69 bits per heavy atom. The van der Waals surface area contributed by atoms with Crippen LogP contribution in [0, 0.1) is 5.92 Å². The number of thiophene rings is 1. The van der Waals surface area contributed by atoms with Gasteiger partial charge < -0.3 is 5.32 Å². The fraction of sp³-hybridized carbons (Fsp3) is 0.733. The van der Waals surface area contributed by atoms with Crippen molar-refractivity contribution in [1.29, 1.82) is 0 Å². The molecule has 0 aliphatic carbocycles. The highest BCUT2D eigenvalue weighted by Crippen LogP contribution is 2.40. The van der Waals surface area contributed by atoms with Crippen LogP contribution in [0.5, 0.6) is 0 Å². The van der Waals surface area contributed by atoms with Gasteiger partial charge in [0.15, 0.2) is 0 Å². The van der Waals surface area contributed by atoms with Crippen LogP contribution in [-0.4, -0.2) is 52.8 Å². The van der Waals surface area contributed by atoms with E-state index in [4.69, 9.17) is 5.14 Å². The fourth-order valence-electron chi connectivity index (χ4n) is 2.77. The Hall–Kier alpha value is -0.170. The Labute approximate surface area is 164 Å². The summed E-state index contributed by atoms with van der Waals surface area (Å²) in [6.45, 7) is 5.59. The van der Waals surface area contributed by atoms with Crippen molar-refractivity contribution in [3.63, 3.8) is 0 Å². The molecule has 3 N–H and O–H groups in total. The third-order valence-electron chi connectivity index (χ3n) is 4.10. The summed E-state index contributed by atoms with van der Waals surface area (Å²) < 4.78 is 50.8. The van der Waals surface area contributed by atoms with Crippen LogP contribution >= 0.6 is 23.1 Å². The maximum atomic E-state index is 13.0. The lowest BCUT2D eigenvalue weighted by Crippen LogP contribution is -2.44. The Kier molecular flexibility index (Phi) is 7.56. The summed E-state index contributed by atoms with van der Waals surface area (Å²) >= 11 is 2.48. The van der Waals surface area contributed by atoms with Crippen molar-refractivity contribution in [3.8, 4) is 0 Å². The smallest absolute Gasteiger partial charge is 0.252 e. The van der Waals surface area contributed by atoms with Crippen molar-refractivity contribution in [2.45, 2.75) is 41.1 Å². The Bertz CT molecular complexity index is 818. The van der Waals surface area contributed by atoms with Gasteiger partial charge in [-0.15, -0.1) is 11.3 Å². The van der Waals surface area contributed by atoms with Crippen LogP contribution in [0.2, 0.25) is 0 Å². The largest absolute Gasteiger partial charge is 0.309 e. The van der Waals surface area contributed by atoms with Crippen molar-refractivity contribution in [1.82, 2.24) is 9.62 Å². The molecule has 1 aromatic rings. The predicted molar refractivity (Wildman–Crippen MR) is 108 cm³/mol. The number of nitrogens with zero attached hydrogens (tertiary/aromatic N) is 1. The van der Waals surface area contributed by atoms with E-state index in [9.17, 15) is 16.8 Å². The van der Waals surface area contributed by atoms with Gasteiger partial charge in [-0.25, -0.2) is 22.0 Å². The van der Waals surface area contributed by atoms with E-state index in [1.54, 1.807) is 11.8 Å². The fourth-order valence-corrected chi connectivity index (χ4v) is 7.57. The number of nitrogens with two attached hydrogens (primary N) is 1. The van der Waals surface area contributed by atoms with E-state index in [1.807, 2.05) is 6.26 Å². The van der Waals surface area contributed by atoms with Crippen LogP contribution in [0.25, 0.3) is 0 Å². The number of nitrogens with one attached hydrogen (secondary N) is 1. The number of primary sulfonamides is 1. The zero-order valence-corrected chi connectivity index (χ0v) is 18.5. The van der Waals surface area contributed by atoms with Gasteiger partial charge in [0.25, 0.3) is 10.0 Å².